The summed E-state index contributed by atoms with van der Waals surface area (Å²) in [5.74, 6) is 0.892. The van der Waals surface area contributed by atoms with E-state index in [9.17, 15) is 0 Å². The molecule has 6 heteroatoms. The van der Waals surface area contributed by atoms with E-state index in [-0.39, 0.29) is 0 Å². The number of halogens is 1. The highest BCUT2D eigenvalue weighted by Crippen LogP contribution is 2.22. The molecule has 0 aliphatic carbocycles. The maximum absolute atomic E-state index is 5.93. The second-order valence-corrected chi connectivity index (χ2v) is 6.64. The lowest BCUT2D eigenvalue weighted by atomic mass is 10.3. The number of nitrogens with one attached hydrogen (secondary N) is 1. The standard InChI is InChI=1S/C14H20ClN3OS/c1-3-6-16-8-11-7-12(19-17-11)9-18(2)10-13-4-5-14(15)20-13/h4-5,7,16H,3,6,8-10H2,1-2H3. The van der Waals surface area contributed by atoms with Crippen LogP contribution in [0.5, 0.6) is 0 Å². The van der Waals surface area contributed by atoms with E-state index in [1.807, 2.05) is 12.1 Å². The highest BCUT2D eigenvalue weighted by atomic mass is 35.5. The van der Waals surface area contributed by atoms with Crippen LogP contribution in [0.1, 0.15) is 29.7 Å². The molecule has 4 nitrogen and oxygen atoms in total. The van der Waals surface area contributed by atoms with Crippen molar-refractivity contribution in [3.63, 3.8) is 0 Å². The molecular weight excluding hydrogens is 294 g/mol. The molecule has 0 fully saturated rings. The Kier molecular flexibility index (Phi) is 6.04. The molecule has 1 N–H and O–H groups in total. The Balaban J connectivity index is 1.80. The number of aromatic nitrogens is 1. The molecule has 0 aliphatic heterocycles. The predicted molar refractivity (Wildman–Crippen MR) is 83.0 cm³/mol. The number of hydrogen-bond donors (Lipinski definition) is 1. The minimum Gasteiger partial charge on any atom is -0.360 e. The molecule has 0 aromatic carbocycles. The molecular formula is C14H20ClN3OS. The van der Waals surface area contributed by atoms with Crippen molar-refractivity contribution in [1.82, 2.24) is 15.4 Å². The van der Waals surface area contributed by atoms with Crippen LogP contribution < -0.4 is 5.32 Å². The number of thiophene rings is 1. The van der Waals surface area contributed by atoms with Gasteiger partial charge in [-0.25, -0.2) is 0 Å². The van der Waals surface area contributed by atoms with Gasteiger partial charge in [-0.2, -0.15) is 0 Å². The summed E-state index contributed by atoms with van der Waals surface area (Å²) in [5, 5.41) is 7.38. The van der Waals surface area contributed by atoms with E-state index < -0.39 is 0 Å². The van der Waals surface area contributed by atoms with E-state index >= 15 is 0 Å². The molecule has 110 valence electrons. The zero-order valence-electron chi connectivity index (χ0n) is 11.9. The molecule has 0 spiro atoms. The van der Waals surface area contributed by atoms with Crippen LogP contribution in [0, 0.1) is 0 Å². The van der Waals surface area contributed by atoms with Gasteiger partial charge in [-0.3, -0.25) is 4.90 Å². The van der Waals surface area contributed by atoms with Gasteiger partial charge in [0.15, 0.2) is 5.76 Å². The predicted octanol–water partition coefficient (Wildman–Crippen LogP) is 3.52. The summed E-state index contributed by atoms with van der Waals surface area (Å²) in [6, 6.07) is 6.01. The molecule has 2 aromatic heterocycles. The second kappa shape index (κ2) is 7.78. The minimum atomic E-state index is 0.746. The molecule has 2 rings (SSSR count). The average molecular weight is 314 g/mol. The van der Waals surface area contributed by atoms with Crippen molar-refractivity contribution in [2.45, 2.75) is 33.0 Å². The molecule has 0 atom stereocenters. The van der Waals surface area contributed by atoms with Crippen LogP contribution in [0.15, 0.2) is 22.7 Å². The summed E-state index contributed by atoms with van der Waals surface area (Å²) < 4.78 is 6.19. The number of rotatable bonds is 8. The first-order valence-electron chi connectivity index (χ1n) is 6.75. The average Bonchev–Trinajstić information content (AvgIpc) is 2.99. The highest BCUT2D eigenvalue weighted by molar-refractivity contribution is 7.16. The summed E-state index contributed by atoms with van der Waals surface area (Å²) in [5.41, 5.74) is 0.959. The number of nitrogens with zero attached hydrogens (tertiary/aromatic N) is 2. The third-order valence-corrected chi connectivity index (χ3v) is 4.04. The zero-order valence-corrected chi connectivity index (χ0v) is 13.4. The van der Waals surface area contributed by atoms with Gasteiger partial charge in [0.2, 0.25) is 0 Å². The Morgan fingerprint density at radius 1 is 1.40 bits per heavy atom. The minimum absolute atomic E-state index is 0.746. The molecule has 0 amide bonds. The summed E-state index contributed by atoms with van der Waals surface area (Å²) in [6.45, 7) is 5.52. The molecule has 0 saturated carbocycles. The second-order valence-electron chi connectivity index (χ2n) is 4.84. The summed E-state index contributed by atoms with van der Waals surface area (Å²) in [6.07, 6.45) is 1.12. The lowest BCUT2D eigenvalue weighted by molar-refractivity contribution is 0.267. The van der Waals surface area contributed by atoms with Crippen LogP contribution in [-0.4, -0.2) is 23.6 Å². The Hall–Kier alpha value is -0.880. The van der Waals surface area contributed by atoms with Crippen molar-refractivity contribution >= 4 is 22.9 Å². The van der Waals surface area contributed by atoms with Crippen molar-refractivity contribution in [2.75, 3.05) is 13.6 Å². The first-order valence-corrected chi connectivity index (χ1v) is 7.94. The van der Waals surface area contributed by atoms with Gasteiger partial charge in [0.05, 0.1) is 16.6 Å². The van der Waals surface area contributed by atoms with Gasteiger partial charge in [0, 0.05) is 24.0 Å². The van der Waals surface area contributed by atoms with Gasteiger partial charge < -0.3 is 9.84 Å². The van der Waals surface area contributed by atoms with Gasteiger partial charge in [0.1, 0.15) is 0 Å². The van der Waals surface area contributed by atoms with E-state index in [0.717, 1.165) is 48.4 Å². The Bertz CT molecular complexity index is 526. The third kappa shape index (κ3) is 4.90. The molecule has 0 bridgehead atoms. The maximum Gasteiger partial charge on any atom is 0.151 e. The smallest absolute Gasteiger partial charge is 0.151 e. The molecule has 2 heterocycles. The Morgan fingerprint density at radius 2 is 2.25 bits per heavy atom. The molecule has 2 aromatic rings. The van der Waals surface area contributed by atoms with Crippen LogP contribution in [0.25, 0.3) is 0 Å². The fourth-order valence-corrected chi connectivity index (χ4v) is 3.10. The van der Waals surface area contributed by atoms with E-state index in [2.05, 4.69) is 35.4 Å². The maximum atomic E-state index is 5.93. The summed E-state index contributed by atoms with van der Waals surface area (Å²) in [7, 11) is 2.06. The van der Waals surface area contributed by atoms with E-state index in [1.54, 1.807) is 11.3 Å². The molecule has 20 heavy (non-hydrogen) atoms. The molecule has 0 radical (unpaired) electrons. The first kappa shape index (κ1) is 15.5. The summed E-state index contributed by atoms with van der Waals surface area (Å²) >= 11 is 7.55. The van der Waals surface area contributed by atoms with E-state index in [4.69, 9.17) is 16.1 Å². The molecule has 0 saturated heterocycles. The first-order chi connectivity index (χ1) is 9.67. The lowest BCUT2D eigenvalue weighted by Crippen LogP contribution is -2.16. The van der Waals surface area contributed by atoms with Crippen molar-refractivity contribution in [2.24, 2.45) is 0 Å². The topological polar surface area (TPSA) is 41.3 Å². The van der Waals surface area contributed by atoms with Crippen LogP contribution in [-0.2, 0) is 19.6 Å². The third-order valence-electron chi connectivity index (χ3n) is 2.82. The van der Waals surface area contributed by atoms with Gasteiger partial charge >= 0.3 is 0 Å². The fourth-order valence-electron chi connectivity index (χ4n) is 1.93. The van der Waals surface area contributed by atoms with Gasteiger partial charge in [-0.05, 0) is 32.1 Å². The monoisotopic (exact) mass is 313 g/mol. The van der Waals surface area contributed by atoms with Crippen LogP contribution in [0.4, 0.5) is 0 Å². The van der Waals surface area contributed by atoms with Crippen molar-refractivity contribution in [3.8, 4) is 0 Å². The SMILES string of the molecule is CCCNCc1cc(CN(C)Cc2ccc(Cl)s2)on1. The Labute approximate surface area is 128 Å². The normalized spacial score (nSPS) is 11.4. The van der Waals surface area contributed by atoms with Crippen LogP contribution in [0.3, 0.4) is 0 Å². The summed E-state index contributed by atoms with van der Waals surface area (Å²) in [4.78, 5) is 3.44. The zero-order chi connectivity index (χ0) is 14.4. The lowest BCUT2D eigenvalue weighted by Gasteiger charge is -2.12. The van der Waals surface area contributed by atoms with Crippen LogP contribution in [0.2, 0.25) is 4.34 Å². The Morgan fingerprint density at radius 3 is 2.95 bits per heavy atom. The molecule has 0 unspecified atom stereocenters. The van der Waals surface area contributed by atoms with E-state index in [0.29, 0.717) is 0 Å². The van der Waals surface area contributed by atoms with Crippen LogP contribution >= 0.6 is 22.9 Å². The molecule has 0 aliphatic rings. The van der Waals surface area contributed by atoms with Crippen molar-refractivity contribution in [3.05, 3.63) is 38.9 Å². The largest absolute Gasteiger partial charge is 0.360 e. The fraction of sp³-hybridized carbons (Fsp3) is 0.500. The number of hydrogen-bond acceptors (Lipinski definition) is 5. The van der Waals surface area contributed by atoms with E-state index in [1.165, 1.54) is 4.88 Å². The van der Waals surface area contributed by atoms with Crippen molar-refractivity contribution in [1.29, 1.82) is 0 Å². The van der Waals surface area contributed by atoms with Crippen molar-refractivity contribution < 1.29 is 4.52 Å². The van der Waals surface area contributed by atoms with Gasteiger partial charge in [-0.15, -0.1) is 11.3 Å². The van der Waals surface area contributed by atoms with Gasteiger partial charge in [0.25, 0.3) is 0 Å². The highest BCUT2D eigenvalue weighted by Gasteiger charge is 2.08. The van der Waals surface area contributed by atoms with Gasteiger partial charge in [-0.1, -0.05) is 23.7 Å². The quantitative estimate of drug-likeness (QED) is 0.757.